The Bertz CT molecular complexity index is 719. The Morgan fingerprint density at radius 3 is 2.57 bits per heavy atom. The third-order valence-electron chi connectivity index (χ3n) is 3.92. The minimum absolute atomic E-state index is 0.128. The Hall–Kier alpha value is -1.79. The summed E-state index contributed by atoms with van der Waals surface area (Å²) in [5.41, 5.74) is 2.42. The predicted molar refractivity (Wildman–Crippen MR) is 92.4 cm³/mol. The molecule has 0 amide bonds. The highest BCUT2D eigenvalue weighted by Gasteiger charge is 2.25. The lowest BCUT2D eigenvalue weighted by Gasteiger charge is -2.36. The van der Waals surface area contributed by atoms with E-state index in [1.165, 1.54) is 0 Å². The van der Waals surface area contributed by atoms with E-state index in [-0.39, 0.29) is 12.2 Å². The van der Waals surface area contributed by atoms with Gasteiger partial charge in [-0.1, -0.05) is 0 Å². The number of hydrogen-bond donors (Lipinski definition) is 0. The minimum Gasteiger partial charge on any atom is -0.372 e. The van der Waals surface area contributed by atoms with Crippen LogP contribution in [0.5, 0.6) is 0 Å². The van der Waals surface area contributed by atoms with E-state index < -0.39 is 0 Å². The molecular weight excluding hydrogens is 310 g/mol. The number of morpholine rings is 1. The summed E-state index contributed by atoms with van der Waals surface area (Å²) in [5.74, 6) is 0.732. The first-order valence-electron chi connectivity index (χ1n) is 7.78. The van der Waals surface area contributed by atoms with Crippen LogP contribution in [0, 0.1) is 13.8 Å². The molecule has 0 aliphatic carbocycles. The van der Waals surface area contributed by atoms with Gasteiger partial charge in [0.1, 0.15) is 5.82 Å². The van der Waals surface area contributed by atoms with Crippen LogP contribution < -0.4 is 4.90 Å². The number of nitrogens with zero attached hydrogens (tertiary/aromatic N) is 3. The van der Waals surface area contributed by atoms with Crippen LogP contribution in [-0.4, -0.2) is 41.6 Å². The molecule has 0 radical (unpaired) electrons. The van der Waals surface area contributed by atoms with Crippen LogP contribution in [0.2, 0.25) is 0 Å². The van der Waals surface area contributed by atoms with Gasteiger partial charge in [-0.05, 0) is 33.8 Å². The number of thiazole rings is 1. The van der Waals surface area contributed by atoms with E-state index in [1.807, 2.05) is 40.0 Å². The summed E-state index contributed by atoms with van der Waals surface area (Å²) in [7, 11) is 0. The fraction of sp³-hybridized carbons (Fsp3) is 0.471. The molecule has 0 saturated carbocycles. The third kappa shape index (κ3) is 3.28. The first-order valence-corrected chi connectivity index (χ1v) is 8.59. The van der Waals surface area contributed by atoms with Gasteiger partial charge in [-0.25, -0.2) is 9.97 Å². The monoisotopic (exact) mass is 331 g/mol. The number of aromatic nitrogens is 2. The van der Waals surface area contributed by atoms with Crippen LogP contribution in [0.4, 0.5) is 5.82 Å². The number of hydrogen-bond acceptors (Lipinski definition) is 6. The van der Waals surface area contributed by atoms with E-state index in [4.69, 9.17) is 4.74 Å². The largest absolute Gasteiger partial charge is 0.372 e. The molecule has 1 saturated heterocycles. The van der Waals surface area contributed by atoms with Crippen molar-refractivity contribution >= 4 is 23.4 Å². The number of carbonyl (C=O) groups is 1. The van der Waals surface area contributed by atoms with E-state index >= 15 is 0 Å². The van der Waals surface area contributed by atoms with Gasteiger partial charge in [0.15, 0.2) is 6.29 Å². The molecule has 2 aromatic heterocycles. The summed E-state index contributed by atoms with van der Waals surface area (Å²) in [6, 6.07) is 1.89. The molecule has 0 aromatic carbocycles. The molecule has 1 aliphatic heterocycles. The second-order valence-corrected chi connectivity index (χ2v) is 7.46. The zero-order valence-electron chi connectivity index (χ0n) is 13.9. The van der Waals surface area contributed by atoms with Gasteiger partial charge in [0.2, 0.25) is 0 Å². The quantitative estimate of drug-likeness (QED) is 0.808. The van der Waals surface area contributed by atoms with Gasteiger partial charge in [-0.15, -0.1) is 11.3 Å². The van der Waals surface area contributed by atoms with Crippen LogP contribution in [-0.2, 0) is 4.74 Å². The highest BCUT2D eigenvalue weighted by molar-refractivity contribution is 7.11. The van der Waals surface area contributed by atoms with Gasteiger partial charge in [0.05, 0.1) is 28.5 Å². The Morgan fingerprint density at radius 2 is 2.00 bits per heavy atom. The summed E-state index contributed by atoms with van der Waals surface area (Å²) in [4.78, 5) is 24.0. The predicted octanol–water partition coefficient (Wildman–Crippen LogP) is 3.25. The molecule has 0 unspecified atom stereocenters. The Kier molecular flexibility index (Phi) is 4.46. The highest BCUT2D eigenvalue weighted by atomic mass is 32.1. The topological polar surface area (TPSA) is 55.3 Å². The molecule has 122 valence electrons. The van der Waals surface area contributed by atoms with Crippen molar-refractivity contribution in [2.24, 2.45) is 0 Å². The average Bonchev–Trinajstić information content (AvgIpc) is 2.84. The van der Waals surface area contributed by atoms with Crippen molar-refractivity contribution in [2.75, 3.05) is 18.0 Å². The van der Waals surface area contributed by atoms with Crippen molar-refractivity contribution in [1.29, 1.82) is 0 Å². The van der Waals surface area contributed by atoms with Gasteiger partial charge >= 0.3 is 0 Å². The first kappa shape index (κ1) is 16.1. The minimum atomic E-state index is 0.128. The fourth-order valence-corrected chi connectivity index (χ4v) is 3.94. The van der Waals surface area contributed by atoms with Crippen LogP contribution in [0.3, 0.4) is 0 Å². The summed E-state index contributed by atoms with van der Waals surface area (Å²) in [6.45, 7) is 9.59. The summed E-state index contributed by atoms with van der Waals surface area (Å²) in [5, 5.41) is 1.02. The molecule has 0 bridgehead atoms. The number of carbonyl (C=O) groups excluding carboxylic acids is 1. The van der Waals surface area contributed by atoms with E-state index in [0.717, 1.165) is 46.3 Å². The number of aryl methyl sites for hydroxylation is 2. The molecular formula is C17H21N3O2S. The van der Waals surface area contributed by atoms with Crippen molar-refractivity contribution in [3.63, 3.8) is 0 Å². The lowest BCUT2D eigenvalue weighted by atomic mass is 10.1. The van der Waals surface area contributed by atoms with Gasteiger partial charge < -0.3 is 9.64 Å². The van der Waals surface area contributed by atoms with Gasteiger partial charge in [0, 0.05) is 29.7 Å². The second kappa shape index (κ2) is 6.37. The van der Waals surface area contributed by atoms with Gasteiger partial charge in [-0.2, -0.15) is 0 Å². The van der Waals surface area contributed by atoms with Gasteiger partial charge in [0.25, 0.3) is 0 Å². The molecule has 23 heavy (non-hydrogen) atoms. The summed E-state index contributed by atoms with van der Waals surface area (Å²) < 4.78 is 5.76. The standard InChI is InChI=1S/C17H21N3O2S/c1-10-7-20(8-11(2)22-10)17-15(9-21)5-14(6-18-17)16-12(3)23-13(4)19-16/h5-6,9-11H,7-8H2,1-4H3/t10-,11+. The summed E-state index contributed by atoms with van der Waals surface area (Å²) >= 11 is 1.66. The molecule has 3 heterocycles. The zero-order chi connectivity index (χ0) is 16.6. The van der Waals surface area contributed by atoms with Crippen LogP contribution in [0.1, 0.15) is 34.1 Å². The molecule has 6 heteroatoms. The van der Waals surface area contributed by atoms with Crippen LogP contribution in [0.25, 0.3) is 11.3 Å². The van der Waals surface area contributed by atoms with E-state index in [2.05, 4.69) is 14.9 Å². The smallest absolute Gasteiger partial charge is 0.153 e. The van der Waals surface area contributed by atoms with Crippen molar-refractivity contribution < 1.29 is 9.53 Å². The molecule has 2 atom stereocenters. The number of ether oxygens (including phenoxy) is 1. The SMILES string of the molecule is Cc1nc(-c2cnc(N3C[C@@H](C)O[C@@H](C)C3)c(C=O)c2)c(C)s1. The van der Waals surface area contributed by atoms with Crippen molar-refractivity contribution in [3.8, 4) is 11.3 Å². The zero-order valence-corrected chi connectivity index (χ0v) is 14.7. The number of rotatable bonds is 3. The maximum absolute atomic E-state index is 11.6. The van der Waals surface area contributed by atoms with E-state index in [9.17, 15) is 4.79 Å². The molecule has 2 aromatic rings. The molecule has 0 spiro atoms. The molecule has 1 aliphatic rings. The Balaban J connectivity index is 1.97. The van der Waals surface area contributed by atoms with E-state index in [0.29, 0.717) is 5.56 Å². The third-order valence-corrected chi connectivity index (χ3v) is 4.80. The van der Waals surface area contributed by atoms with Gasteiger partial charge in [-0.3, -0.25) is 4.79 Å². The number of aldehydes is 1. The normalized spacial score (nSPS) is 21.5. The fourth-order valence-electron chi connectivity index (χ4n) is 3.10. The highest BCUT2D eigenvalue weighted by Crippen LogP contribution is 2.30. The lowest BCUT2D eigenvalue weighted by Crippen LogP contribution is -2.46. The van der Waals surface area contributed by atoms with Crippen molar-refractivity contribution in [2.45, 2.75) is 39.9 Å². The average molecular weight is 331 g/mol. The van der Waals surface area contributed by atoms with Crippen molar-refractivity contribution in [3.05, 3.63) is 27.7 Å². The molecule has 0 N–H and O–H groups in total. The Labute approximate surface area is 140 Å². The molecule has 3 rings (SSSR count). The lowest BCUT2D eigenvalue weighted by molar-refractivity contribution is -0.00549. The molecule has 5 nitrogen and oxygen atoms in total. The number of pyridine rings is 1. The maximum Gasteiger partial charge on any atom is 0.153 e. The van der Waals surface area contributed by atoms with Crippen molar-refractivity contribution in [1.82, 2.24) is 9.97 Å². The number of anilines is 1. The molecule has 1 fully saturated rings. The van der Waals surface area contributed by atoms with E-state index in [1.54, 1.807) is 11.3 Å². The first-order chi connectivity index (χ1) is 11.0. The maximum atomic E-state index is 11.6. The Morgan fingerprint density at radius 1 is 1.30 bits per heavy atom. The van der Waals surface area contributed by atoms with Crippen LogP contribution in [0.15, 0.2) is 12.3 Å². The second-order valence-electron chi connectivity index (χ2n) is 6.05. The summed E-state index contributed by atoms with van der Waals surface area (Å²) in [6.07, 6.45) is 2.95. The van der Waals surface area contributed by atoms with Crippen LogP contribution >= 0.6 is 11.3 Å².